The third-order valence-electron chi connectivity index (χ3n) is 2.74. The maximum Gasteiger partial charge on any atom is 0.277 e. The number of aromatic nitrogens is 4. The van der Waals surface area contributed by atoms with Gasteiger partial charge in [0, 0.05) is 0 Å². The fourth-order valence-corrected chi connectivity index (χ4v) is 1.89. The molecule has 0 radical (unpaired) electrons. The van der Waals surface area contributed by atoms with E-state index in [1.807, 2.05) is 11.6 Å². The fourth-order valence-electron chi connectivity index (χ4n) is 1.89. The molecular formula is C10H12N4O. The van der Waals surface area contributed by atoms with Crippen LogP contribution < -0.4 is 5.56 Å². The van der Waals surface area contributed by atoms with Gasteiger partial charge in [-0.2, -0.15) is 5.10 Å². The summed E-state index contributed by atoms with van der Waals surface area (Å²) in [5.41, 5.74) is 2.12. The molecule has 0 atom stereocenters. The molecule has 15 heavy (non-hydrogen) atoms. The minimum Gasteiger partial charge on any atom is -0.309 e. The lowest BCUT2D eigenvalue weighted by molar-refractivity contribution is 0.655. The molecule has 1 aliphatic rings. The molecule has 0 unspecified atom stereocenters. The lowest BCUT2D eigenvalue weighted by atomic mass is 10.3. The van der Waals surface area contributed by atoms with Crippen molar-refractivity contribution in [2.45, 2.75) is 32.7 Å². The van der Waals surface area contributed by atoms with E-state index in [1.165, 1.54) is 0 Å². The van der Waals surface area contributed by atoms with Crippen LogP contribution in [0.5, 0.6) is 0 Å². The molecule has 1 saturated carbocycles. The molecule has 0 spiro atoms. The van der Waals surface area contributed by atoms with Gasteiger partial charge in [0.25, 0.3) is 5.56 Å². The maximum absolute atomic E-state index is 11.8. The van der Waals surface area contributed by atoms with Gasteiger partial charge in [0.05, 0.1) is 11.7 Å². The van der Waals surface area contributed by atoms with E-state index in [0.717, 1.165) is 24.1 Å². The van der Waals surface area contributed by atoms with E-state index in [2.05, 4.69) is 15.1 Å². The summed E-state index contributed by atoms with van der Waals surface area (Å²) in [7, 11) is 0. The zero-order valence-electron chi connectivity index (χ0n) is 8.74. The first-order valence-corrected chi connectivity index (χ1v) is 5.12. The first kappa shape index (κ1) is 8.64. The van der Waals surface area contributed by atoms with Crippen LogP contribution in [-0.4, -0.2) is 19.7 Å². The van der Waals surface area contributed by atoms with E-state index < -0.39 is 0 Å². The molecule has 78 valence electrons. The molecule has 0 aliphatic heterocycles. The lowest BCUT2D eigenvalue weighted by Gasteiger charge is -1.98. The second kappa shape index (κ2) is 2.68. The Labute approximate surface area is 86.1 Å². The Morgan fingerprint density at radius 1 is 1.40 bits per heavy atom. The summed E-state index contributed by atoms with van der Waals surface area (Å²) >= 11 is 0. The monoisotopic (exact) mass is 204 g/mol. The number of rotatable bonds is 1. The van der Waals surface area contributed by atoms with Crippen LogP contribution in [-0.2, 0) is 0 Å². The van der Waals surface area contributed by atoms with Crippen molar-refractivity contribution in [1.29, 1.82) is 0 Å². The standard InChI is InChI=1S/C10H12N4O/c1-5-8-9(10(15)12-6(2)11-8)14(13-5)7-3-4-7/h7H,3-4H2,1-2H3,(H,11,12,15). The summed E-state index contributed by atoms with van der Waals surface area (Å²) < 4.78 is 1.83. The van der Waals surface area contributed by atoms with Crippen LogP contribution in [0, 0.1) is 13.8 Å². The lowest BCUT2D eigenvalue weighted by Crippen LogP contribution is -2.13. The maximum atomic E-state index is 11.8. The van der Waals surface area contributed by atoms with Gasteiger partial charge in [-0.25, -0.2) is 4.98 Å². The summed E-state index contributed by atoms with van der Waals surface area (Å²) in [6.45, 7) is 3.68. The van der Waals surface area contributed by atoms with Crippen LogP contribution >= 0.6 is 0 Å². The molecular weight excluding hydrogens is 192 g/mol. The highest BCUT2D eigenvalue weighted by atomic mass is 16.1. The van der Waals surface area contributed by atoms with Crippen molar-refractivity contribution in [2.75, 3.05) is 0 Å². The van der Waals surface area contributed by atoms with Crippen molar-refractivity contribution in [3.8, 4) is 0 Å². The van der Waals surface area contributed by atoms with E-state index in [4.69, 9.17) is 0 Å². The van der Waals surface area contributed by atoms with Crippen molar-refractivity contribution in [3.63, 3.8) is 0 Å². The van der Waals surface area contributed by atoms with Gasteiger partial charge in [-0.3, -0.25) is 9.48 Å². The third kappa shape index (κ3) is 1.19. The molecule has 1 N–H and O–H groups in total. The van der Waals surface area contributed by atoms with Gasteiger partial charge in [-0.05, 0) is 26.7 Å². The molecule has 5 heteroatoms. The topological polar surface area (TPSA) is 63.6 Å². The van der Waals surface area contributed by atoms with Crippen LogP contribution in [0.2, 0.25) is 0 Å². The highest BCUT2D eigenvalue weighted by Crippen LogP contribution is 2.36. The average Bonchev–Trinajstić information content (AvgIpc) is 2.93. The van der Waals surface area contributed by atoms with Gasteiger partial charge >= 0.3 is 0 Å². The van der Waals surface area contributed by atoms with Crippen molar-refractivity contribution in [3.05, 3.63) is 21.9 Å². The predicted molar refractivity (Wildman–Crippen MR) is 55.9 cm³/mol. The Kier molecular flexibility index (Phi) is 1.55. The molecule has 3 rings (SSSR count). The molecule has 1 aliphatic carbocycles. The van der Waals surface area contributed by atoms with Crippen molar-refractivity contribution in [1.82, 2.24) is 19.7 Å². The van der Waals surface area contributed by atoms with E-state index in [-0.39, 0.29) is 5.56 Å². The molecule has 0 saturated heterocycles. The first-order valence-electron chi connectivity index (χ1n) is 5.12. The van der Waals surface area contributed by atoms with Gasteiger partial charge in [-0.15, -0.1) is 0 Å². The van der Waals surface area contributed by atoms with Gasteiger partial charge in [-0.1, -0.05) is 0 Å². The molecule has 0 aromatic carbocycles. The molecule has 2 aromatic heterocycles. The summed E-state index contributed by atoms with van der Waals surface area (Å²) in [6.07, 6.45) is 2.23. The molecule has 2 aromatic rings. The van der Waals surface area contributed by atoms with Crippen LogP contribution in [0.25, 0.3) is 11.0 Å². The van der Waals surface area contributed by atoms with Gasteiger partial charge in [0.15, 0.2) is 5.52 Å². The zero-order chi connectivity index (χ0) is 10.6. The molecule has 0 amide bonds. The second-order valence-electron chi connectivity index (χ2n) is 4.11. The number of aryl methyl sites for hydroxylation is 2. The number of aromatic amines is 1. The summed E-state index contributed by atoms with van der Waals surface area (Å²) in [5, 5.41) is 4.39. The highest BCUT2D eigenvalue weighted by molar-refractivity contribution is 5.76. The Hall–Kier alpha value is -1.65. The van der Waals surface area contributed by atoms with Crippen LogP contribution in [0.1, 0.15) is 30.4 Å². The molecule has 5 nitrogen and oxygen atoms in total. The summed E-state index contributed by atoms with van der Waals surface area (Å²) in [4.78, 5) is 18.9. The minimum atomic E-state index is -0.0787. The van der Waals surface area contributed by atoms with E-state index in [0.29, 0.717) is 17.4 Å². The quantitative estimate of drug-likeness (QED) is 0.755. The van der Waals surface area contributed by atoms with E-state index in [1.54, 1.807) is 6.92 Å². The normalized spacial score (nSPS) is 16.1. The van der Waals surface area contributed by atoms with Gasteiger partial charge < -0.3 is 4.98 Å². The average molecular weight is 204 g/mol. The van der Waals surface area contributed by atoms with Crippen molar-refractivity contribution < 1.29 is 0 Å². The Morgan fingerprint density at radius 3 is 2.80 bits per heavy atom. The number of hydrogen-bond donors (Lipinski definition) is 1. The second-order valence-corrected chi connectivity index (χ2v) is 4.11. The Bertz CT molecular complexity index is 591. The van der Waals surface area contributed by atoms with Gasteiger partial charge in [0.1, 0.15) is 11.3 Å². The number of nitrogens with zero attached hydrogens (tertiary/aromatic N) is 3. The minimum absolute atomic E-state index is 0.0787. The predicted octanol–water partition coefficient (Wildman–Crippen LogP) is 1.07. The van der Waals surface area contributed by atoms with Crippen LogP contribution in [0.15, 0.2) is 4.79 Å². The summed E-state index contributed by atoms with van der Waals surface area (Å²) in [5.74, 6) is 0.644. The van der Waals surface area contributed by atoms with Gasteiger partial charge in [0.2, 0.25) is 0 Å². The van der Waals surface area contributed by atoms with E-state index >= 15 is 0 Å². The van der Waals surface area contributed by atoms with Crippen molar-refractivity contribution in [2.24, 2.45) is 0 Å². The number of H-pyrrole nitrogens is 1. The Morgan fingerprint density at radius 2 is 2.13 bits per heavy atom. The smallest absolute Gasteiger partial charge is 0.277 e. The Balaban J connectivity index is 2.44. The summed E-state index contributed by atoms with van der Waals surface area (Å²) in [6, 6.07) is 0.409. The largest absolute Gasteiger partial charge is 0.309 e. The van der Waals surface area contributed by atoms with E-state index in [9.17, 15) is 4.79 Å². The van der Waals surface area contributed by atoms with Crippen LogP contribution in [0.4, 0.5) is 0 Å². The van der Waals surface area contributed by atoms with Crippen LogP contribution in [0.3, 0.4) is 0 Å². The number of fused-ring (bicyclic) bond motifs is 1. The number of hydrogen-bond acceptors (Lipinski definition) is 3. The first-order chi connectivity index (χ1) is 7.16. The SMILES string of the molecule is Cc1nc2c(C)nn(C3CC3)c2c(=O)[nH]1. The molecule has 0 bridgehead atoms. The number of nitrogens with one attached hydrogen (secondary N) is 1. The molecule has 1 fully saturated rings. The highest BCUT2D eigenvalue weighted by Gasteiger charge is 2.28. The van der Waals surface area contributed by atoms with Crippen molar-refractivity contribution >= 4 is 11.0 Å². The fraction of sp³-hybridized carbons (Fsp3) is 0.500. The third-order valence-corrected chi connectivity index (χ3v) is 2.74. The molecule has 2 heterocycles. The zero-order valence-corrected chi connectivity index (χ0v) is 8.74.